The molecule has 2 rings (SSSR count). The van der Waals surface area contributed by atoms with E-state index in [1.807, 2.05) is 37.2 Å². The average Bonchev–Trinajstić information content (AvgIpc) is 2.79. The van der Waals surface area contributed by atoms with Gasteiger partial charge in [0.25, 0.3) is 11.1 Å². The first-order valence-electron chi connectivity index (χ1n) is 7.08. The Morgan fingerprint density at radius 2 is 2.04 bits per heavy atom. The van der Waals surface area contributed by atoms with Crippen LogP contribution in [0.1, 0.15) is 12.5 Å². The number of halogens is 1. The summed E-state index contributed by atoms with van der Waals surface area (Å²) in [5.41, 5.74) is 1.78. The predicted octanol–water partition coefficient (Wildman–Crippen LogP) is 3.11. The highest BCUT2D eigenvalue weighted by Crippen LogP contribution is 2.35. The Bertz CT molecular complexity index is 733. The zero-order valence-corrected chi connectivity index (χ0v) is 16.1. The summed E-state index contributed by atoms with van der Waals surface area (Å²) < 4.78 is 5.48. The number of anilines is 1. The number of carbonyl (C=O) groups is 3. The third-order valence-corrected chi connectivity index (χ3v) is 5.02. The van der Waals surface area contributed by atoms with Gasteiger partial charge >= 0.3 is 5.97 Å². The van der Waals surface area contributed by atoms with E-state index in [4.69, 9.17) is 0 Å². The summed E-state index contributed by atoms with van der Waals surface area (Å²) in [5, 5.41) is -0.479. The third-order valence-electron chi connectivity index (χ3n) is 3.50. The molecule has 1 aromatic carbocycles. The van der Waals surface area contributed by atoms with Gasteiger partial charge in [-0.2, -0.15) is 0 Å². The molecule has 8 heteroatoms. The van der Waals surface area contributed by atoms with E-state index >= 15 is 0 Å². The molecular formula is C16H17BrN2O4S. The molecule has 0 bridgehead atoms. The van der Waals surface area contributed by atoms with Crippen molar-refractivity contribution >= 4 is 56.6 Å². The van der Waals surface area contributed by atoms with Crippen molar-refractivity contribution in [3.8, 4) is 0 Å². The monoisotopic (exact) mass is 412 g/mol. The Morgan fingerprint density at radius 1 is 1.38 bits per heavy atom. The molecule has 0 aliphatic carbocycles. The van der Waals surface area contributed by atoms with Gasteiger partial charge in [-0.15, -0.1) is 0 Å². The molecule has 6 nitrogen and oxygen atoms in total. The molecule has 1 saturated heterocycles. The normalized spacial score (nSPS) is 17.4. The van der Waals surface area contributed by atoms with Crippen molar-refractivity contribution in [2.24, 2.45) is 0 Å². The molecule has 1 heterocycles. The molecule has 0 aromatic heterocycles. The number of ether oxygens (including phenoxy) is 1. The van der Waals surface area contributed by atoms with E-state index in [1.54, 1.807) is 6.08 Å². The maximum absolute atomic E-state index is 12.4. The van der Waals surface area contributed by atoms with E-state index in [9.17, 15) is 14.4 Å². The lowest BCUT2D eigenvalue weighted by Crippen LogP contribution is -2.42. The van der Waals surface area contributed by atoms with Crippen LogP contribution in [0.3, 0.4) is 0 Å². The average molecular weight is 413 g/mol. The number of hydrogen-bond acceptors (Lipinski definition) is 6. The van der Waals surface area contributed by atoms with Gasteiger partial charge in [-0.1, -0.05) is 6.07 Å². The van der Waals surface area contributed by atoms with Crippen LogP contribution in [0.2, 0.25) is 0 Å². The van der Waals surface area contributed by atoms with Gasteiger partial charge in [0.1, 0.15) is 6.04 Å². The fraction of sp³-hybridized carbons (Fsp3) is 0.312. The van der Waals surface area contributed by atoms with Gasteiger partial charge < -0.3 is 9.64 Å². The van der Waals surface area contributed by atoms with Crippen molar-refractivity contribution in [2.75, 3.05) is 26.1 Å². The Morgan fingerprint density at radius 3 is 2.58 bits per heavy atom. The highest BCUT2D eigenvalue weighted by atomic mass is 79.9. The summed E-state index contributed by atoms with van der Waals surface area (Å²) >= 11 is 4.30. The molecular weight excluding hydrogens is 396 g/mol. The number of rotatable bonds is 4. The summed E-state index contributed by atoms with van der Waals surface area (Å²) in [4.78, 5) is 39.2. The minimum atomic E-state index is -0.948. The van der Waals surface area contributed by atoms with Crippen molar-refractivity contribution < 1.29 is 19.1 Å². The predicted molar refractivity (Wildman–Crippen MR) is 97.8 cm³/mol. The van der Waals surface area contributed by atoms with E-state index in [2.05, 4.69) is 20.7 Å². The number of benzene rings is 1. The van der Waals surface area contributed by atoms with E-state index < -0.39 is 23.2 Å². The van der Waals surface area contributed by atoms with Gasteiger partial charge in [-0.3, -0.25) is 14.5 Å². The lowest BCUT2D eigenvalue weighted by molar-refractivity contribution is -0.148. The molecule has 1 aliphatic rings. The number of esters is 1. The van der Waals surface area contributed by atoms with Crippen LogP contribution < -0.4 is 4.90 Å². The lowest BCUT2D eigenvalue weighted by Gasteiger charge is -2.18. The lowest BCUT2D eigenvalue weighted by atomic mass is 10.1. The highest BCUT2D eigenvalue weighted by Gasteiger charge is 2.41. The van der Waals surface area contributed by atoms with Crippen LogP contribution in [0, 0.1) is 0 Å². The first-order chi connectivity index (χ1) is 11.3. The van der Waals surface area contributed by atoms with Gasteiger partial charge in [0.05, 0.1) is 17.7 Å². The number of nitrogens with zero attached hydrogens (tertiary/aromatic N) is 2. The van der Waals surface area contributed by atoms with E-state index in [-0.39, 0.29) is 4.91 Å². The second-order valence-corrected chi connectivity index (χ2v) is 7.20. The van der Waals surface area contributed by atoms with Crippen molar-refractivity contribution in [2.45, 2.75) is 13.0 Å². The summed E-state index contributed by atoms with van der Waals surface area (Å²) in [7, 11) is 5.08. The van der Waals surface area contributed by atoms with Crippen molar-refractivity contribution in [1.82, 2.24) is 4.90 Å². The summed E-state index contributed by atoms with van der Waals surface area (Å²) in [5.74, 6) is -1.12. The van der Waals surface area contributed by atoms with E-state index in [0.717, 1.165) is 32.4 Å². The van der Waals surface area contributed by atoms with Crippen LogP contribution in [-0.2, 0) is 14.3 Å². The topological polar surface area (TPSA) is 66.9 Å². The second kappa shape index (κ2) is 7.40. The van der Waals surface area contributed by atoms with E-state index in [1.165, 1.54) is 14.0 Å². The fourth-order valence-corrected chi connectivity index (χ4v) is 3.88. The van der Waals surface area contributed by atoms with Crippen LogP contribution in [0.4, 0.5) is 10.5 Å². The molecule has 1 atom stereocenters. The summed E-state index contributed by atoms with van der Waals surface area (Å²) in [6, 6.07) is 4.69. The molecule has 1 fully saturated rings. The van der Waals surface area contributed by atoms with Crippen molar-refractivity contribution in [1.29, 1.82) is 0 Å². The zero-order valence-electron chi connectivity index (χ0n) is 13.7. The van der Waals surface area contributed by atoms with Crippen LogP contribution in [-0.4, -0.2) is 49.3 Å². The standard InChI is InChI=1S/C16H17BrN2O4S/c1-9(15(21)23-4)19-14(20)13(24-16(19)22)8-10-5-6-12(18(2)3)11(17)7-10/h5-9H,1-4H3. The van der Waals surface area contributed by atoms with Gasteiger partial charge in [-0.25, -0.2) is 4.79 Å². The number of amides is 2. The molecule has 1 unspecified atom stereocenters. The fourth-order valence-electron chi connectivity index (χ4n) is 2.22. The van der Waals surface area contributed by atoms with Gasteiger partial charge in [0.2, 0.25) is 0 Å². The molecule has 1 aliphatic heterocycles. The van der Waals surface area contributed by atoms with Crippen LogP contribution in [0.5, 0.6) is 0 Å². The summed E-state index contributed by atoms with van der Waals surface area (Å²) in [6.07, 6.45) is 1.64. The minimum absolute atomic E-state index is 0.278. The van der Waals surface area contributed by atoms with Crippen molar-refractivity contribution in [3.63, 3.8) is 0 Å². The van der Waals surface area contributed by atoms with E-state index in [0.29, 0.717) is 0 Å². The van der Waals surface area contributed by atoms with Crippen LogP contribution >= 0.6 is 27.7 Å². The molecule has 0 spiro atoms. The minimum Gasteiger partial charge on any atom is -0.467 e. The number of hydrogen-bond donors (Lipinski definition) is 0. The van der Waals surface area contributed by atoms with Crippen LogP contribution in [0.15, 0.2) is 27.6 Å². The van der Waals surface area contributed by atoms with Gasteiger partial charge in [0, 0.05) is 18.6 Å². The molecule has 0 radical (unpaired) electrons. The zero-order chi connectivity index (χ0) is 18.0. The molecule has 128 valence electrons. The quantitative estimate of drug-likeness (QED) is 0.558. The Kier molecular flexibility index (Phi) is 5.71. The summed E-state index contributed by atoms with van der Waals surface area (Å²) in [6.45, 7) is 1.47. The SMILES string of the molecule is COC(=O)C(C)N1C(=O)SC(=Cc2ccc(N(C)C)c(Br)c2)C1=O. The molecule has 2 amide bonds. The molecule has 24 heavy (non-hydrogen) atoms. The number of carbonyl (C=O) groups excluding carboxylic acids is 3. The van der Waals surface area contributed by atoms with Crippen molar-refractivity contribution in [3.05, 3.63) is 33.1 Å². The molecule has 0 saturated carbocycles. The number of methoxy groups -OCH3 is 1. The smallest absolute Gasteiger partial charge is 0.328 e. The first kappa shape index (κ1) is 18.5. The molecule has 0 N–H and O–H groups in total. The molecule has 1 aromatic rings. The maximum Gasteiger partial charge on any atom is 0.328 e. The second-order valence-electron chi connectivity index (χ2n) is 5.36. The third kappa shape index (κ3) is 3.64. The first-order valence-corrected chi connectivity index (χ1v) is 8.69. The number of imide groups is 1. The Hall–Kier alpha value is -1.80. The maximum atomic E-state index is 12.4. The van der Waals surface area contributed by atoms with Gasteiger partial charge in [-0.05, 0) is 58.4 Å². The largest absolute Gasteiger partial charge is 0.467 e. The van der Waals surface area contributed by atoms with Gasteiger partial charge in [0.15, 0.2) is 0 Å². The Balaban J connectivity index is 2.29. The van der Waals surface area contributed by atoms with Crippen LogP contribution in [0.25, 0.3) is 6.08 Å². The highest BCUT2D eigenvalue weighted by molar-refractivity contribution is 9.10. The Labute approximate surface area is 152 Å². The number of thioether (sulfide) groups is 1.